The number of aliphatic hydroxyl groups excluding tert-OH is 18. The molecule has 4 amide bonds. The number of nitrogens with one attached hydrogen (secondary N) is 4. The molecule has 35 atom stereocenters. The Morgan fingerprint density at radius 3 is 1.01 bits per heavy atom. The predicted octanol–water partition coefficient (Wildman–Crippen LogP) is -14.6. The van der Waals surface area contributed by atoms with E-state index in [1.165, 1.54) is 6.92 Å². The van der Waals surface area contributed by atoms with E-state index >= 15 is 0 Å². The number of rotatable bonds is 23. The summed E-state index contributed by atoms with van der Waals surface area (Å²) in [5.74, 6) is -3.05. The van der Waals surface area contributed by atoms with E-state index in [0.717, 1.165) is 27.7 Å². The second-order valence-corrected chi connectivity index (χ2v) is 22.9. The minimum absolute atomic E-state index is 0.614. The molecule has 0 aromatic carbocycles. The smallest absolute Gasteiger partial charge is 0.217 e. The molecule has 520 valence electrons. The van der Waals surface area contributed by atoms with E-state index < -0.39 is 284 Å². The molecule has 7 aliphatic rings. The van der Waals surface area contributed by atoms with Crippen LogP contribution >= 0.6 is 0 Å². The van der Waals surface area contributed by atoms with Crippen LogP contribution in [0.4, 0.5) is 0 Å². The predicted molar refractivity (Wildman–Crippen MR) is 282 cm³/mol. The Morgan fingerprint density at radius 1 is 0.300 bits per heavy atom. The van der Waals surface area contributed by atoms with Crippen LogP contribution in [-0.4, -0.2) is 376 Å². The molecule has 39 nitrogen and oxygen atoms in total. The molecule has 22 N–H and O–H groups in total. The molecule has 0 aliphatic carbocycles. The lowest BCUT2D eigenvalue weighted by Crippen LogP contribution is -2.70. The number of hydrogen-bond acceptors (Lipinski definition) is 35. The zero-order valence-electron chi connectivity index (χ0n) is 49.1. The average molecular weight is 1320 g/mol. The lowest BCUT2D eigenvalue weighted by molar-refractivity contribution is -0.383. The second-order valence-electron chi connectivity index (χ2n) is 22.9. The molecule has 7 saturated heterocycles. The molecule has 15 unspecified atom stereocenters. The summed E-state index contributed by atoms with van der Waals surface area (Å²) < 4.78 is 76.1. The highest BCUT2D eigenvalue weighted by molar-refractivity contribution is 5.74. The number of ether oxygens (including phenoxy) is 13. The largest absolute Gasteiger partial charge is 0.394 e. The van der Waals surface area contributed by atoms with Crippen LogP contribution in [0.5, 0.6) is 0 Å². The SMILES string of the molecule is CC(=O)NC1[C@H](O[C@@H]2C(O)[C@H](O[C@H]3C(CO)O[C@@H](O[C@@H]4C(O)[C@H](O[C@H]5C(CO)O[C@@H](OCC6OC(C)C(NC(C)=O)[C@@H](O[C@@H]7OC(CO)[C@H](O)[C@H](O)C7O)[C@H]6O)C(NC(C)=O)[C@H]5O)OC(CO)[C@@H]4O)C(NC(C)=O)[C@H]3O)OC(CO)[C@@H]2O)OC(CO)[C@H](O)[C@@H]1O. The molecule has 7 fully saturated rings. The Balaban J connectivity index is 1.06. The number of amides is 4. The first-order chi connectivity index (χ1) is 42.5. The summed E-state index contributed by atoms with van der Waals surface area (Å²) in [6, 6.07) is -6.27. The van der Waals surface area contributed by atoms with Gasteiger partial charge in [-0.15, -0.1) is 0 Å². The van der Waals surface area contributed by atoms with Crippen LogP contribution in [0.3, 0.4) is 0 Å². The van der Waals surface area contributed by atoms with Crippen molar-refractivity contribution in [3.63, 3.8) is 0 Å². The van der Waals surface area contributed by atoms with Crippen LogP contribution in [0.1, 0.15) is 34.6 Å². The van der Waals surface area contributed by atoms with E-state index in [1.54, 1.807) is 0 Å². The molecule has 0 aromatic heterocycles. The van der Waals surface area contributed by atoms with E-state index in [1.807, 2.05) is 0 Å². The Labute approximate surface area is 512 Å². The van der Waals surface area contributed by atoms with Crippen molar-refractivity contribution in [1.82, 2.24) is 21.3 Å². The van der Waals surface area contributed by atoms with E-state index in [9.17, 15) is 111 Å². The van der Waals surface area contributed by atoms with Gasteiger partial charge in [-0.25, -0.2) is 0 Å². The minimum Gasteiger partial charge on any atom is -0.394 e. The molecule has 90 heavy (non-hydrogen) atoms. The van der Waals surface area contributed by atoms with Crippen molar-refractivity contribution in [2.75, 3.05) is 46.2 Å². The highest BCUT2D eigenvalue weighted by Crippen LogP contribution is 2.37. The fraction of sp³-hybridized carbons (Fsp3) is 0.922. The maximum absolute atomic E-state index is 12.8. The van der Waals surface area contributed by atoms with Gasteiger partial charge >= 0.3 is 0 Å². The number of aliphatic hydroxyl groups is 18. The van der Waals surface area contributed by atoms with Gasteiger partial charge in [0.1, 0.15) is 165 Å². The maximum Gasteiger partial charge on any atom is 0.217 e. The van der Waals surface area contributed by atoms with Crippen molar-refractivity contribution in [1.29, 1.82) is 0 Å². The van der Waals surface area contributed by atoms with Crippen molar-refractivity contribution in [3.05, 3.63) is 0 Å². The summed E-state index contributed by atoms with van der Waals surface area (Å²) in [6.45, 7) is -0.834. The van der Waals surface area contributed by atoms with Gasteiger partial charge < -0.3 is 175 Å². The quantitative estimate of drug-likeness (QED) is 0.0452. The molecule has 7 heterocycles. The highest BCUT2D eigenvalue weighted by Gasteiger charge is 2.59. The Morgan fingerprint density at radius 2 is 0.600 bits per heavy atom. The number of carbonyl (C=O) groups is 4. The van der Waals surface area contributed by atoms with Crippen LogP contribution in [0.25, 0.3) is 0 Å². The lowest BCUT2D eigenvalue weighted by Gasteiger charge is -2.50. The van der Waals surface area contributed by atoms with E-state index in [0.29, 0.717) is 0 Å². The van der Waals surface area contributed by atoms with Gasteiger partial charge in [0.05, 0.1) is 58.4 Å². The normalized spacial score (nSPS) is 47.6. The van der Waals surface area contributed by atoms with Crippen molar-refractivity contribution in [3.8, 4) is 0 Å². The highest BCUT2D eigenvalue weighted by atomic mass is 16.8. The van der Waals surface area contributed by atoms with Crippen LogP contribution in [-0.2, 0) is 80.8 Å². The zero-order valence-corrected chi connectivity index (χ0v) is 49.1. The number of hydrogen-bond donors (Lipinski definition) is 22. The third-order valence-corrected chi connectivity index (χ3v) is 16.4. The Kier molecular flexibility index (Phi) is 26.6. The average Bonchev–Trinajstić information content (AvgIpc) is 0.837. The van der Waals surface area contributed by atoms with Crippen LogP contribution in [0.15, 0.2) is 0 Å². The first-order valence-corrected chi connectivity index (χ1v) is 28.9. The van der Waals surface area contributed by atoms with Gasteiger partial charge in [0.2, 0.25) is 23.6 Å². The van der Waals surface area contributed by atoms with Crippen LogP contribution in [0, 0.1) is 0 Å². The fourth-order valence-corrected chi connectivity index (χ4v) is 11.8. The first-order valence-electron chi connectivity index (χ1n) is 28.9. The van der Waals surface area contributed by atoms with E-state index in [4.69, 9.17) is 61.6 Å². The van der Waals surface area contributed by atoms with Gasteiger partial charge in [0, 0.05) is 27.7 Å². The van der Waals surface area contributed by atoms with Gasteiger partial charge in [-0.05, 0) is 6.92 Å². The molecular weight excluding hydrogens is 1230 g/mol. The standard InChI is InChI=1S/C51H86N4O35/c1-13-25(52-14(2)62)43(88-49-38(75)37(74)30(67)19(7-57)81-49)33(70)24(79-13)12-78-46-27(54-16(4)64)35(72)41(22(10-60)84-46)86-50-40(77)45(32(69)21(9-59)82-50)90-48-28(55-17(5)65)36(73)42(23(11-61)85-48)87-51-39(76)44(31(68)20(8-58)83-51)89-47-26(53-15(3)63)34(71)29(66)18(6-56)80-47/h13,18-51,56-61,66-77H,6-12H2,1-5H3,(H,52,62)(H,53,63)(H,54,64)(H,55,65)/t13?,18?,19?,20?,21?,22?,23?,24?,25?,26?,27?,28?,29-,30-,31-,32-,33-,34+,35+,36+,37-,38?,39?,40?,41-,42-,43+,44-,45-,46+,47-,48-,49-,50-,51-/m0/s1. The van der Waals surface area contributed by atoms with Crippen molar-refractivity contribution >= 4 is 23.6 Å². The minimum atomic E-state index is -2.24. The molecular formula is C51H86N4O35. The van der Waals surface area contributed by atoms with Crippen LogP contribution in [0.2, 0.25) is 0 Å². The van der Waals surface area contributed by atoms with Crippen molar-refractivity contribution in [2.24, 2.45) is 0 Å². The zero-order chi connectivity index (χ0) is 66.5. The summed E-state index contributed by atoms with van der Waals surface area (Å²) in [7, 11) is 0. The van der Waals surface area contributed by atoms with Gasteiger partial charge in [0.15, 0.2) is 37.7 Å². The van der Waals surface area contributed by atoms with Gasteiger partial charge in [0.25, 0.3) is 0 Å². The molecule has 39 heteroatoms. The summed E-state index contributed by atoms with van der Waals surface area (Å²) in [6.07, 6.45) is -56.7. The third kappa shape index (κ3) is 16.5. The van der Waals surface area contributed by atoms with Crippen molar-refractivity contribution in [2.45, 2.75) is 249 Å². The third-order valence-electron chi connectivity index (χ3n) is 16.4. The van der Waals surface area contributed by atoms with E-state index in [-0.39, 0.29) is 0 Å². The lowest BCUT2D eigenvalue weighted by atomic mass is 9.92. The van der Waals surface area contributed by atoms with Gasteiger partial charge in [-0.2, -0.15) is 0 Å². The molecule has 0 aromatic rings. The first kappa shape index (κ1) is 74.0. The molecule has 0 radical (unpaired) electrons. The summed E-state index contributed by atoms with van der Waals surface area (Å²) in [5.41, 5.74) is 0. The molecule has 0 spiro atoms. The van der Waals surface area contributed by atoms with Gasteiger partial charge in [-0.1, -0.05) is 0 Å². The second kappa shape index (κ2) is 32.4. The molecule has 0 bridgehead atoms. The molecule has 7 aliphatic heterocycles. The Bertz CT molecular complexity index is 2310. The Hall–Kier alpha value is -3.36. The van der Waals surface area contributed by atoms with E-state index in [2.05, 4.69) is 21.3 Å². The topological polar surface area (TPSA) is 601 Å². The summed E-state index contributed by atoms with van der Waals surface area (Å²) >= 11 is 0. The molecule has 0 saturated carbocycles. The van der Waals surface area contributed by atoms with Gasteiger partial charge in [-0.3, -0.25) is 19.2 Å². The summed E-state index contributed by atoms with van der Waals surface area (Å²) in [5, 5.41) is 206. The fourth-order valence-electron chi connectivity index (χ4n) is 11.8. The van der Waals surface area contributed by atoms with Crippen molar-refractivity contribution < 1.29 is 173 Å². The molecule has 7 rings (SSSR count). The maximum atomic E-state index is 12.8. The van der Waals surface area contributed by atoms with Crippen LogP contribution < -0.4 is 21.3 Å². The summed E-state index contributed by atoms with van der Waals surface area (Å²) in [4.78, 5) is 49.9. The number of carbonyl (C=O) groups excluding carboxylic acids is 4. The monoisotopic (exact) mass is 1310 g/mol.